The van der Waals surface area contributed by atoms with E-state index in [-0.39, 0.29) is 18.2 Å². The van der Waals surface area contributed by atoms with Crippen LogP contribution >= 0.6 is 33.9 Å². The third-order valence-electron chi connectivity index (χ3n) is 8.66. The standard InChI is InChI=1S/C38H30IN3O5S/c1-44-30-15-13-24(19-31(30)45-2)35-28-14-12-23-8-6-7-11-27(23)34(28)41-38-42(35)37(43)33(48-38)18-22-16-29(39)36(32(17-22)46-3)47-21-26-10-5-4-9-25(26)20-40/h4-11,13,15-19,35H,12,14,21H2,1-3H3/b33-18-/t35-/m1/s1. The maximum absolute atomic E-state index is 14.3. The van der Waals surface area contributed by atoms with Gasteiger partial charge < -0.3 is 18.9 Å². The molecule has 10 heteroatoms. The van der Waals surface area contributed by atoms with E-state index in [1.807, 2.05) is 65.2 Å². The first kappa shape index (κ1) is 31.7. The molecule has 5 aromatic rings. The van der Waals surface area contributed by atoms with E-state index in [1.54, 1.807) is 27.4 Å². The number of hydrogen-bond donors (Lipinski definition) is 0. The minimum absolute atomic E-state index is 0.119. The average Bonchev–Trinajstić information content (AvgIpc) is 3.43. The average molecular weight is 768 g/mol. The summed E-state index contributed by atoms with van der Waals surface area (Å²) in [6.07, 6.45) is 3.54. The summed E-state index contributed by atoms with van der Waals surface area (Å²) >= 11 is 3.58. The second-order valence-electron chi connectivity index (χ2n) is 11.3. The van der Waals surface area contributed by atoms with Crippen LogP contribution in [0, 0.1) is 14.9 Å². The largest absolute Gasteiger partial charge is 0.493 e. The fourth-order valence-electron chi connectivity index (χ4n) is 6.36. The molecule has 0 bridgehead atoms. The Morgan fingerprint density at radius 2 is 1.73 bits per heavy atom. The first-order chi connectivity index (χ1) is 23.4. The lowest BCUT2D eigenvalue weighted by Crippen LogP contribution is -2.38. The fraction of sp³-hybridized carbons (Fsp3) is 0.184. The number of ether oxygens (including phenoxy) is 4. The maximum Gasteiger partial charge on any atom is 0.271 e. The van der Waals surface area contributed by atoms with Crippen molar-refractivity contribution >= 4 is 45.7 Å². The molecule has 7 rings (SSSR count). The van der Waals surface area contributed by atoms with E-state index in [2.05, 4.69) is 46.9 Å². The minimum atomic E-state index is -0.353. The van der Waals surface area contributed by atoms with E-state index in [4.69, 9.17) is 23.9 Å². The summed E-state index contributed by atoms with van der Waals surface area (Å²) in [5.74, 6) is 2.34. The molecule has 4 aromatic carbocycles. The van der Waals surface area contributed by atoms with Crippen LogP contribution < -0.4 is 33.8 Å². The Balaban J connectivity index is 1.34. The monoisotopic (exact) mass is 767 g/mol. The van der Waals surface area contributed by atoms with Crippen molar-refractivity contribution in [2.75, 3.05) is 21.3 Å². The Labute approximate surface area is 295 Å². The third kappa shape index (κ3) is 5.67. The van der Waals surface area contributed by atoms with Gasteiger partial charge >= 0.3 is 0 Å². The minimum Gasteiger partial charge on any atom is -0.493 e. The van der Waals surface area contributed by atoms with Crippen LogP contribution in [-0.2, 0) is 13.0 Å². The maximum atomic E-state index is 14.3. The van der Waals surface area contributed by atoms with Crippen LogP contribution in [0.1, 0.15) is 45.8 Å². The van der Waals surface area contributed by atoms with Gasteiger partial charge in [-0.1, -0.05) is 59.9 Å². The Kier molecular flexibility index (Phi) is 8.81. The zero-order chi connectivity index (χ0) is 33.4. The van der Waals surface area contributed by atoms with Crippen LogP contribution in [0.4, 0.5) is 0 Å². The number of hydrogen-bond acceptors (Lipinski definition) is 8. The van der Waals surface area contributed by atoms with Crippen LogP contribution in [0.25, 0.3) is 11.8 Å². The summed E-state index contributed by atoms with van der Waals surface area (Å²) < 4.78 is 26.3. The number of aryl methyl sites for hydroxylation is 1. The highest BCUT2D eigenvalue weighted by Gasteiger charge is 2.33. The van der Waals surface area contributed by atoms with Gasteiger partial charge in [-0.25, -0.2) is 4.99 Å². The van der Waals surface area contributed by atoms with Gasteiger partial charge in [-0.2, -0.15) is 5.26 Å². The van der Waals surface area contributed by atoms with Gasteiger partial charge in [0.2, 0.25) is 0 Å². The van der Waals surface area contributed by atoms with Crippen LogP contribution in [0.2, 0.25) is 0 Å². The molecule has 0 radical (unpaired) electrons. The lowest BCUT2D eigenvalue weighted by atomic mass is 9.83. The highest BCUT2D eigenvalue weighted by molar-refractivity contribution is 14.1. The highest BCUT2D eigenvalue weighted by Crippen LogP contribution is 2.43. The first-order valence-corrected chi connectivity index (χ1v) is 17.2. The third-order valence-corrected chi connectivity index (χ3v) is 10.4. The molecule has 1 atom stereocenters. The second kappa shape index (κ2) is 13.3. The number of aromatic nitrogens is 1. The molecule has 1 aliphatic heterocycles. The van der Waals surface area contributed by atoms with Gasteiger partial charge in [0.1, 0.15) is 6.61 Å². The molecular weight excluding hydrogens is 737 g/mol. The van der Waals surface area contributed by atoms with Gasteiger partial charge in [0.05, 0.1) is 52.8 Å². The fourth-order valence-corrected chi connectivity index (χ4v) is 8.15. The Morgan fingerprint density at radius 3 is 2.52 bits per heavy atom. The van der Waals surface area contributed by atoms with E-state index in [0.717, 1.165) is 49.9 Å². The van der Waals surface area contributed by atoms with Crippen LogP contribution in [0.5, 0.6) is 23.0 Å². The molecule has 0 spiro atoms. The smallest absolute Gasteiger partial charge is 0.271 e. The summed E-state index contributed by atoms with van der Waals surface area (Å²) in [7, 11) is 4.82. The zero-order valence-corrected chi connectivity index (χ0v) is 29.4. The summed E-state index contributed by atoms with van der Waals surface area (Å²) in [6.45, 7) is 0.220. The molecular formula is C38H30IN3O5S. The normalized spacial score (nSPS) is 15.1. The van der Waals surface area contributed by atoms with Crippen LogP contribution in [0.3, 0.4) is 0 Å². The second-order valence-corrected chi connectivity index (χ2v) is 13.5. The van der Waals surface area contributed by atoms with E-state index < -0.39 is 0 Å². The molecule has 240 valence electrons. The van der Waals surface area contributed by atoms with E-state index >= 15 is 0 Å². The molecule has 0 fully saturated rings. The number of benzene rings is 4. The van der Waals surface area contributed by atoms with Crippen molar-refractivity contribution in [2.24, 2.45) is 4.99 Å². The molecule has 0 amide bonds. The van der Waals surface area contributed by atoms with Gasteiger partial charge in [0.25, 0.3) is 5.56 Å². The lowest BCUT2D eigenvalue weighted by Gasteiger charge is -2.31. The van der Waals surface area contributed by atoms with Crippen molar-refractivity contribution < 1.29 is 18.9 Å². The SMILES string of the molecule is COc1ccc([C@@H]2C3=C(N=c4s/c(=C\c5cc(I)c(OCc6ccccc6C#N)c(OC)c5)c(=O)n42)c2ccccc2CC3)cc1OC. The predicted molar refractivity (Wildman–Crippen MR) is 193 cm³/mol. The Bertz CT molecular complexity index is 2340. The molecule has 0 N–H and O–H groups in total. The number of halogens is 1. The highest BCUT2D eigenvalue weighted by atomic mass is 127. The van der Waals surface area contributed by atoms with Crippen molar-refractivity contribution in [1.82, 2.24) is 4.57 Å². The van der Waals surface area contributed by atoms with Crippen molar-refractivity contribution in [3.8, 4) is 29.1 Å². The van der Waals surface area contributed by atoms with E-state index in [9.17, 15) is 10.1 Å². The molecule has 0 unspecified atom stereocenters. The molecule has 0 saturated carbocycles. The van der Waals surface area contributed by atoms with E-state index in [0.29, 0.717) is 37.9 Å². The topological polar surface area (TPSA) is 95.1 Å². The summed E-state index contributed by atoms with van der Waals surface area (Å²) in [5.41, 5.74) is 7.36. The zero-order valence-electron chi connectivity index (χ0n) is 26.5. The van der Waals surface area contributed by atoms with Crippen LogP contribution in [-0.4, -0.2) is 25.9 Å². The van der Waals surface area contributed by atoms with E-state index in [1.165, 1.54) is 16.9 Å². The van der Waals surface area contributed by atoms with Gasteiger partial charge in [-0.05, 0) is 94.1 Å². The molecule has 1 aliphatic carbocycles. The first-order valence-electron chi connectivity index (χ1n) is 15.3. The van der Waals surface area contributed by atoms with Gasteiger partial charge in [0, 0.05) is 11.1 Å². The Morgan fingerprint density at radius 1 is 0.958 bits per heavy atom. The van der Waals surface area contributed by atoms with Crippen molar-refractivity contribution in [1.29, 1.82) is 5.26 Å². The number of nitriles is 1. The van der Waals surface area contributed by atoms with Gasteiger partial charge in [-0.3, -0.25) is 9.36 Å². The van der Waals surface area contributed by atoms with Gasteiger partial charge in [0.15, 0.2) is 27.8 Å². The number of allylic oxidation sites excluding steroid dienone is 1. The summed E-state index contributed by atoms with van der Waals surface area (Å²) in [5, 5.41) is 9.48. The molecule has 1 aromatic heterocycles. The number of methoxy groups -OCH3 is 3. The van der Waals surface area contributed by atoms with Crippen molar-refractivity contribution in [3.63, 3.8) is 0 Å². The quantitative estimate of drug-likeness (QED) is 0.170. The van der Waals surface area contributed by atoms with Crippen molar-refractivity contribution in [2.45, 2.75) is 25.5 Å². The summed E-state index contributed by atoms with van der Waals surface area (Å²) in [4.78, 5) is 20.1. The lowest BCUT2D eigenvalue weighted by molar-refractivity contribution is 0.282. The van der Waals surface area contributed by atoms with Crippen molar-refractivity contribution in [3.05, 3.63) is 141 Å². The number of fused-ring (bicyclic) bond motifs is 3. The number of nitrogens with zero attached hydrogens (tertiary/aromatic N) is 3. The molecule has 0 saturated heterocycles. The summed E-state index contributed by atoms with van der Waals surface area (Å²) in [6, 6.07) is 27.2. The Hall–Kier alpha value is -4.86. The molecule has 2 heterocycles. The number of thiazole rings is 1. The number of rotatable bonds is 8. The van der Waals surface area contributed by atoms with Crippen LogP contribution in [0.15, 0.2) is 94.2 Å². The molecule has 8 nitrogen and oxygen atoms in total. The molecule has 2 aliphatic rings. The predicted octanol–water partition coefficient (Wildman–Crippen LogP) is 6.40. The molecule has 48 heavy (non-hydrogen) atoms. The van der Waals surface area contributed by atoms with Gasteiger partial charge in [-0.15, -0.1) is 0 Å².